The van der Waals surface area contributed by atoms with Crippen molar-refractivity contribution in [2.45, 2.75) is 39.0 Å². The second-order valence-electron chi connectivity index (χ2n) is 8.77. The lowest BCUT2D eigenvalue weighted by molar-refractivity contribution is -0.138. The van der Waals surface area contributed by atoms with Crippen LogP contribution in [0.1, 0.15) is 39.0 Å². The van der Waals surface area contributed by atoms with Crippen LogP contribution in [-0.2, 0) is 9.59 Å². The van der Waals surface area contributed by atoms with E-state index in [-0.39, 0.29) is 18.2 Å². The second-order valence-corrected chi connectivity index (χ2v) is 9.20. The quantitative estimate of drug-likeness (QED) is 0.734. The highest BCUT2D eigenvalue weighted by Gasteiger charge is 2.39. The number of nitrogens with two attached hydrogens (primary N) is 1. The maximum Gasteiger partial charge on any atom is 0.236 e. The van der Waals surface area contributed by atoms with Crippen molar-refractivity contribution in [2.75, 3.05) is 39.3 Å². The number of primary amides is 1. The maximum atomic E-state index is 13.0. The normalized spacial score (nSPS) is 23.7. The number of likely N-dealkylation sites (tertiary alicyclic amines) is 2. The Morgan fingerprint density at radius 3 is 2.72 bits per heavy atom. The molecule has 2 aliphatic rings. The Morgan fingerprint density at radius 1 is 1.28 bits per heavy atom. The first-order valence-electron chi connectivity index (χ1n) is 10.5. The minimum atomic E-state index is -0.460. The minimum Gasteiger partial charge on any atom is -0.493 e. The predicted octanol–water partition coefficient (Wildman–Crippen LogP) is 2.93. The monoisotopic (exact) mass is 421 g/mol. The number of hydrogen-bond donors (Lipinski definition) is 1. The number of amides is 2. The van der Waals surface area contributed by atoms with Crippen molar-refractivity contribution >= 4 is 23.4 Å². The average molecular weight is 422 g/mol. The zero-order valence-electron chi connectivity index (χ0n) is 17.2. The Kier molecular flexibility index (Phi) is 7.41. The second kappa shape index (κ2) is 9.81. The van der Waals surface area contributed by atoms with Crippen molar-refractivity contribution < 1.29 is 14.3 Å². The molecule has 1 aromatic rings. The molecular formula is C22H32ClN3O3. The lowest BCUT2D eigenvalue weighted by Gasteiger charge is -2.43. The number of rotatable bonds is 7. The number of hydrogen-bond acceptors (Lipinski definition) is 4. The van der Waals surface area contributed by atoms with Gasteiger partial charge in [-0.15, -0.1) is 0 Å². The molecule has 29 heavy (non-hydrogen) atoms. The molecular weight excluding hydrogens is 390 g/mol. The molecule has 2 aliphatic heterocycles. The van der Waals surface area contributed by atoms with Gasteiger partial charge in [0, 0.05) is 29.9 Å². The van der Waals surface area contributed by atoms with Gasteiger partial charge in [0.25, 0.3) is 0 Å². The highest BCUT2D eigenvalue weighted by molar-refractivity contribution is 6.30. The van der Waals surface area contributed by atoms with Gasteiger partial charge in [-0.1, -0.05) is 24.6 Å². The number of carbonyl (C=O) groups is 2. The minimum absolute atomic E-state index is 0.135. The van der Waals surface area contributed by atoms with Crippen LogP contribution in [0.25, 0.3) is 0 Å². The van der Waals surface area contributed by atoms with E-state index in [1.165, 1.54) is 0 Å². The molecule has 7 heteroatoms. The van der Waals surface area contributed by atoms with E-state index in [0.29, 0.717) is 30.5 Å². The number of benzene rings is 1. The molecule has 1 aromatic carbocycles. The molecule has 2 amide bonds. The van der Waals surface area contributed by atoms with Crippen LogP contribution in [0.5, 0.6) is 5.75 Å². The summed E-state index contributed by atoms with van der Waals surface area (Å²) >= 11 is 6.04. The average Bonchev–Trinajstić information content (AvgIpc) is 2.68. The SMILES string of the molecule is CC1CCN(CC(=O)N2CCC[C@](COc3cccc(Cl)c3)(CC(N)=O)C2)CC1. The third-order valence-corrected chi connectivity index (χ3v) is 6.37. The summed E-state index contributed by atoms with van der Waals surface area (Å²) in [6.07, 6.45) is 4.15. The van der Waals surface area contributed by atoms with Crippen molar-refractivity contribution in [1.29, 1.82) is 0 Å². The fourth-order valence-electron chi connectivity index (χ4n) is 4.41. The molecule has 2 heterocycles. The van der Waals surface area contributed by atoms with E-state index in [2.05, 4.69) is 11.8 Å². The highest BCUT2D eigenvalue weighted by Crippen LogP contribution is 2.35. The Balaban J connectivity index is 1.63. The van der Waals surface area contributed by atoms with Crippen LogP contribution < -0.4 is 10.5 Å². The fourth-order valence-corrected chi connectivity index (χ4v) is 4.59. The standard InChI is InChI=1S/C22H32ClN3O3/c1-17-6-10-25(11-7-17)14-21(28)26-9-3-8-22(15-26,13-20(24)27)16-29-19-5-2-4-18(23)12-19/h2,4-5,12,17H,3,6-11,13-16H2,1H3,(H2,24,27)/t22-/m0/s1. The van der Waals surface area contributed by atoms with Crippen LogP contribution in [0.2, 0.25) is 5.02 Å². The summed E-state index contributed by atoms with van der Waals surface area (Å²) in [6.45, 7) is 6.23. The van der Waals surface area contributed by atoms with Gasteiger partial charge in [-0.3, -0.25) is 14.5 Å². The van der Waals surface area contributed by atoms with E-state index in [0.717, 1.165) is 51.2 Å². The molecule has 160 valence electrons. The summed E-state index contributed by atoms with van der Waals surface area (Å²) in [6, 6.07) is 7.21. The summed E-state index contributed by atoms with van der Waals surface area (Å²) in [7, 11) is 0. The van der Waals surface area contributed by atoms with Crippen molar-refractivity contribution in [2.24, 2.45) is 17.1 Å². The maximum absolute atomic E-state index is 13.0. The van der Waals surface area contributed by atoms with Crippen LogP contribution in [-0.4, -0.2) is 60.9 Å². The van der Waals surface area contributed by atoms with Crippen molar-refractivity contribution in [3.05, 3.63) is 29.3 Å². The molecule has 3 rings (SSSR count). The van der Waals surface area contributed by atoms with Gasteiger partial charge in [-0.2, -0.15) is 0 Å². The lowest BCUT2D eigenvalue weighted by atomic mass is 9.77. The van der Waals surface area contributed by atoms with Gasteiger partial charge in [0.05, 0.1) is 13.2 Å². The number of carbonyl (C=O) groups excluding carboxylic acids is 2. The Labute approximate surface area is 178 Å². The van der Waals surface area contributed by atoms with Gasteiger partial charge < -0.3 is 15.4 Å². The molecule has 2 N–H and O–H groups in total. The number of piperidine rings is 2. The summed E-state index contributed by atoms with van der Waals surface area (Å²) in [4.78, 5) is 28.9. The zero-order chi connectivity index (χ0) is 20.9. The van der Waals surface area contributed by atoms with Crippen LogP contribution in [0.4, 0.5) is 0 Å². The molecule has 0 spiro atoms. The van der Waals surface area contributed by atoms with Crippen molar-refractivity contribution in [3.8, 4) is 5.75 Å². The van der Waals surface area contributed by atoms with E-state index in [1.807, 2.05) is 17.0 Å². The number of halogens is 1. The molecule has 0 aromatic heterocycles. The van der Waals surface area contributed by atoms with Gasteiger partial charge in [0.2, 0.25) is 11.8 Å². The van der Waals surface area contributed by atoms with E-state index < -0.39 is 5.41 Å². The Hall–Kier alpha value is -1.79. The van der Waals surface area contributed by atoms with Crippen LogP contribution in [0.3, 0.4) is 0 Å². The first-order chi connectivity index (χ1) is 13.8. The third kappa shape index (κ3) is 6.34. The molecule has 2 fully saturated rings. The molecule has 0 unspecified atom stereocenters. The van der Waals surface area contributed by atoms with Gasteiger partial charge in [-0.05, 0) is 62.9 Å². The molecule has 1 atom stereocenters. The lowest BCUT2D eigenvalue weighted by Crippen LogP contribution is -2.52. The largest absolute Gasteiger partial charge is 0.493 e. The third-order valence-electron chi connectivity index (χ3n) is 6.14. The predicted molar refractivity (Wildman–Crippen MR) is 114 cm³/mol. The Morgan fingerprint density at radius 2 is 2.03 bits per heavy atom. The summed E-state index contributed by atoms with van der Waals surface area (Å²) in [5, 5.41) is 0.600. The van der Waals surface area contributed by atoms with E-state index in [1.54, 1.807) is 12.1 Å². The zero-order valence-corrected chi connectivity index (χ0v) is 18.0. The number of nitrogens with zero attached hydrogens (tertiary/aromatic N) is 2. The van der Waals surface area contributed by atoms with Crippen molar-refractivity contribution in [1.82, 2.24) is 9.80 Å². The molecule has 6 nitrogen and oxygen atoms in total. The molecule has 0 radical (unpaired) electrons. The summed E-state index contributed by atoms with van der Waals surface area (Å²) < 4.78 is 5.98. The van der Waals surface area contributed by atoms with Crippen LogP contribution >= 0.6 is 11.6 Å². The van der Waals surface area contributed by atoms with E-state index >= 15 is 0 Å². The number of ether oxygens (including phenoxy) is 1. The van der Waals surface area contributed by atoms with Gasteiger partial charge in [0.1, 0.15) is 5.75 Å². The molecule has 0 saturated carbocycles. The highest BCUT2D eigenvalue weighted by atomic mass is 35.5. The van der Waals surface area contributed by atoms with Crippen LogP contribution in [0.15, 0.2) is 24.3 Å². The summed E-state index contributed by atoms with van der Waals surface area (Å²) in [5.74, 6) is 1.17. The molecule has 2 saturated heterocycles. The smallest absolute Gasteiger partial charge is 0.236 e. The molecule has 0 aliphatic carbocycles. The fraction of sp³-hybridized carbons (Fsp3) is 0.636. The van der Waals surface area contributed by atoms with E-state index in [4.69, 9.17) is 22.1 Å². The van der Waals surface area contributed by atoms with Crippen molar-refractivity contribution in [3.63, 3.8) is 0 Å². The Bertz CT molecular complexity index is 721. The first kappa shape index (κ1) is 21.9. The van der Waals surface area contributed by atoms with E-state index in [9.17, 15) is 9.59 Å². The van der Waals surface area contributed by atoms with Crippen LogP contribution in [0, 0.1) is 11.3 Å². The van der Waals surface area contributed by atoms with Gasteiger partial charge >= 0.3 is 0 Å². The van der Waals surface area contributed by atoms with Gasteiger partial charge in [0.15, 0.2) is 0 Å². The first-order valence-corrected chi connectivity index (χ1v) is 10.9. The topological polar surface area (TPSA) is 75.9 Å². The summed E-state index contributed by atoms with van der Waals surface area (Å²) in [5.41, 5.74) is 5.10. The van der Waals surface area contributed by atoms with Gasteiger partial charge in [-0.25, -0.2) is 0 Å². The molecule has 0 bridgehead atoms.